The first-order valence-corrected chi connectivity index (χ1v) is 14.3. The molecule has 0 aliphatic heterocycles. The van der Waals surface area contributed by atoms with E-state index in [0.29, 0.717) is 30.0 Å². The van der Waals surface area contributed by atoms with Crippen LogP contribution >= 0.6 is 0 Å². The largest absolute Gasteiger partial charge is 0.464 e. The summed E-state index contributed by atoms with van der Waals surface area (Å²) in [5, 5.41) is 2.80. The Morgan fingerprint density at radius 3 is 2.29 bits per heavy atom. The molecule has 0 atom stereocenters. The number of amides is 1. The summed E-state index contributed by atoms with van der Waals surface area (Å²) in [6, 6.07) is 19.3. The molecule has 1 heterocycles. The van der Waals surface area contributed by atoms with Gasteiger partial charge in [0.25, 0.3) is 5.91 Å². The molecule has 0 unspecified atom stereocenters. The maximum atomic E-state index is 13.7. The fraction of sp³-hybridized carbons (Fsp3) is 0.345. The Morgan fingerprint density at radius 2 is 1.71 bits per heavy atom. The van der Waals surface area contributed by atoms with Crippen molar-refractivity contribution in [3.63, 3.8) is 0 Å². The van der Waals surface area contributed by atoms with Gasteiger partial charge in [-0.05, 0) is 86.1 Å². The van der Waals surface area contributed by atoms with E-state index in [-0.39, 0.29) is 30.5 Å². The van der Waals surface area contributed by atoms with Gasteiger partial charge in [-0.25, -0.2) is 13.2 Å². The lowest BCUT2D eigenvalue weighted by molar-refractivity contribution is -0.146. The number of ether oxygens (including phenoxy) is 1. The molecule has 2 aliphatic carbocycles. The number of pyridine rings is 1. The highest BCUT2D eigenvalue weighted by Crippen LogP contribution is 2.40. The quantitative estimate of drug-likeness (QED) is 0.371. The molecule has 9 heteroatoms. The van der Waals surface area contributed by atoms with Gasteiger partial charge in [-0.2, -0.15) is 4.31 Å². The molecule has 2 aliphatic rings. The zero-order chi connectivity index (χ0) is 26.8. The molecule has 0 bridgehead atoms. The van der Waals surface area contributed by atoms with Gasteiger partial charge in [0.05, 0.1) is 23.7 Å². The fourth-order valence-corrected chi connectivity index (χ4v) is 5.80. The van der Waals surface area contributed by atoms with E-state index in [4.69, 9.17) is 4.74 Å². The highest BCUT2D eigenvalue weighted by molar-refractivity contribution is 7.89. The van der Waals surface area contributed by atoms with Gasteiger partial charge < -0.3 is 10.1 Å². The van der Waals surface area contributed by atoms with Gasteiger partial charge in [-0.1, -0.05) is 30.3 Å². The highest BCUT2D eigenvalue weighted by atomic mass is 32.2. The molecule has 198 valence electrons. The summed E-state index contributed by atoms with van der Waals surface area (Å²) in [5.74, 6) is -0.236. The number of hydrogen-bond acceptors (Lipinski definition) is 6. The van der Waals surface area contributed by atoms with Gasteiger partial charge in [0.1, 0.15) is 5.54 Å². The topological polar surface area (TPSA) is 106 Å². The minimum absolute atomic E-state index is 0.109. The van der Waals surface area contributed by atoms with Crippen molar-refractivity contribution in [2.45, 2.75) is 62.0 Å². The zero-order valence-corrected chi connectivity index (χ0v) is 22.1. The maximum absolute atomic E-state index is 13.7. The van der Waals surface area contributed by atoms with Crippen molar-refractivity contribution in [2.75, 3.05) is 6.61 Å². The zero-order valence-electron chi connectivity index (χ0n) is 21.3. The van der Waals surface area contributed by atoms with Crippen LogP contribution in [0.3, 0.4) is 0 Å². The van der Waals surface area contributed by atoms with Crippen molar-refractivity contribution in [2.24, 2.45) is 0 Å². The Labute approximate surface area is 223 Å². The smallest absolute Gasteiger partial charge is 0.331 e. The fourth-order valence-electron chi connectivity index (χ4n) is 4.40. The van der Waals surface area contributed by atoms with Crippen molar-refractivity contribution >= 4 is 21.9 Å². The first kappa shape index (κ1) is 26.1. The number of nitrogens with one attached hydrogen (secondary N) is 1. The number of benzene rings is 2. The lowest BCUT2D eigenvalue weighted by atomic mass is 10.1. The van der Waals surface area contributed by atoms with Crippen LogP contribution in [0.4, 0.5) is 0 Å². The van der Waals surface area contributed by atoms with E-state index in [2.05, 4.69) is 10.3 Å². The van der Waals surface area contributed by atoms with Gasteiger partial charge in [0.15, 0.2) is 0 Å². The molecule has 0 radical (unpaired) electrons. The van der Waals surface area contributed by atoms with E-state index in [0.717, 1.165) is 18.4 Å². The lowest BCUT2D eigenvalue weighted by Gasteiger charge is -2.22. The van der Waals surface area contributed by atoms with E-state index in [1.54, 1.807) is 61.7 Å². The first-order chi connectivity index (χ1) is 18.3. The Hall–Kier alpha value is -3.56. The van der Waals surface area contributed by atoms with Crippen molar-refractivity contribution in [3.05, 3.63) is 95.3 Å². The first-order valence-electron chi connectivity index (χ1n) is 12.9. The molecule has 8 nitrogen and oxygen atoms in total. The molecule has 3 aromatic rings. The van der Waals surface area contributed by atoms with Crippen molar-refractivity contribution in [3.8, 4) is 0 Å². The molecular weight excluding hydrogens is 502 g/mol. The van der Waals surface area contributed by atoms with Gasteiger partial charge in [0.2, 0.25) is 10.0 Å². The predicted octanol–water partition coefficient (Wildman–Crippen LogP) is 4.18. The third kappa shape index (κ3) is 5.79. The maximum Gasteiger partial charge on any atom is 0.331 e. The Bertz CT molecular complexity index is 1400. The second-order valence-corrected chi connectivity index (χ2v) is 11.8. The molecule has 1 N–H and O–H groups in total. The van der Waals surface area contributed by atoms with Crippen LogP contribution in [-0.4, -0.2) is 41.7 Å². The molecule has 5 rings (SSSR count). The number of esters is 1. The third-order valence-corrected chi connectivity index (χ3v) is 8.78. The molecule has 0 spiro atoms. The number of carbonyl (C=O) groups is 2. The van der Waals surface area contributed by atoms with E-state index < -0.39 is 21.5 Å². The Kier molecular flexibility index (Phi) is 7.32. The number of carbonyl (C=O) groups excluding carboxylic acids is 2. The number of rotatable bonds is 11. The van der Waals surface area contributed by atoms with Crippen molar-refractivity contribution in [1.82, 2.24) is 14.6 Å². The minimum Gasteiger partial charge on any atom is -0.464 e. The SMILES string of the molecule is CCOC(=O)C1(NC(=O)c2ccc(CN(Cc3ccccn3)S(=O)(=O)c3ccc(C4CC4)cc3)cc2)CC1. The molecule has 0 saturated heterocycles. The van der Waals surface area contributed by atoms with Crippen LogP contribution in [0.1, 0.15) is 65.7 Å². The summed E-state index contributed by atoms with van der Waals surface area (Å²) in [6.45, 7) is 2.21. The van der Waals surface area contributed by atoms with Crippen molar-refractivity contribution < 1.29 is 22.7 Å². The number of sulfonamides is 1. The van der Waals surface area contributed by atoms with Crippen LogP contribution in [0, 0.1) is 0 Å². The minimum atomic E-state index is -3.81. The summed E-state index contributed by atoms with van der Waals surface area (Å²) in [5.41, 5.74) is 1.98. The van der Waals surface area contributed by atoms with E-state index in [1.807, 2.05) is 18.2 Å². The molecule has 2 fully saturated rings. The average molecular weight is 534 g/mol. The molecular formula is C29H31N3O5S. The van der Waals surface area contributed by atoms with Crippen LogP contribution in [-0.2, 0) is 32.6 Å². The van der Waals surface area contributed by atoms with Gasteiger partial charge in [-0.15, -0.1) is 0 Å². The summed E-state index contributed by atoms with van der Waals surface area (Å²) in [7, 11) is -3.81. The van der Waals surface area contributed by atoms with Crippen LogP contribution in [0.2, 0.25) is 0 Å². The van der Waals surface area contributed by atoms with Gasteiger partial charge >= 0.3 is 5.97 Å². The number of hydrogen-bond donors (Lipinski definition) is 1. The highest BCUT2D eigenvalue weighted by Gasteiger charge is 2.52. The summed E-state index contributed by atoms with van der Waals surface area (Å²) < 4.78 is 33.9. The molecule has 2 aromatic carbocycles. The molecule has 2 saturated carbocycles. The molecule has 38 heavy (non-hydrogen) atoms. The monoisotopic (exact) mass is 533 g/mol. The summed E-state index contributed by atoms with van der Waals surface area (Å²) in [6.07, 6.45) is 5.04. The molecule has 1 amide bonds. The standard InChI is InChI=1S/C29H31N3O5S/c1-2-37-28(34)29(16-17-29)31-27(33)24-8-6-21(7-9-24)19-32(20-25-5-3-4-18-30-25)38(35,36)26-14-12-23(13-15-26)22-10-11-22/h3-9,12-15,18,22H,2,10-11,16-17,19-20H2,1H3,(H,31,33). The second-order valence-electron chi connectivity index (χ2n) is 9.89. The summed E-state index contributed by atoms with van der Waals surface area (Å²) >= 11 is 0. The number of aromatic nitrogens is 1. The van der Waals surface area contributed by atoms with Crippen LogP contribution in [0.5, 0.6) is 0 Å². The van der Waals surface area contributed by atoms with Crippen molar-refractivity contribution in [1.29, 1.82) is 0 Å². The van der Waals surface area contributed by atoms with Crippen LogP contribution in [0.15, 0.2) is 77.8 Å². The normalized spacial score (nSPS) is 16.2. The summed E-state index contributed by atoms with van der Waals surface area (Å²) in [4.78, 5) is 29.5. The van der Waals surface area contributed by atoms with Gasteiger partial charge in [-0.3, -0.25) is 9.78 Å². The van der Waals surface area contributed by atoms with Crippen LogP contribution in [0.25, 0.3) is 0 Å². The second kappa shape index (κ2) is 10.7. The lowest BCUT2D eigenvalue weighted by Crippen LogP contribution is -2.44. The van der Waals surface area contributed by atoms with Crippen LogP contribution < -0.4 is 5.32 Å². The van der Waals surface area contributed by atoms with Gasteiger partial charge in [0, 0.05) is 18.3 Å². The third-order valence-electron chi connectivity index (χ3n) is 6.98. The molecule has 1 aromatic heterocycles. The van der Waals surface area contributed by atoms with E-state index in [1.165, 1.54) is 9.87 Å². The average Bonchev–Trinajstić information content (AvgIpc) is 3.85. The van der Waals surface area contributed by atoms with E-state index in [9.17, 15) is 18.0 Å². The Balaban J connectivity index is 1.33. The predicted molar refractivity (Wildman–Crippen MR) is 142 cm³/mol. The van der Waals surface area contributed by atoms with E-state index >= 15 is 0 Å². The Morgan fingerprint density at radius 1 is 1.00 bits per heavy atom. The number of nitrogens with zero attached hydrogens (tertiary/aromatic N) is 2.